The number of para-hydroxylation sites is 7. The second-order valence-electron chi connectivity index (χ2n) is 25.4. The molecule has 102 heavy (non-hydrogen) atoms. The van der Waals surface area contributed by atoms with E-state index in [9.17, 15) is 0 Å². The number of rotatable bonds is 11. The largest absolute Gasteiger partial charge is 0.418 e. The zero-order valence-corrected chi connectivity index (χ0v) is 54.4. The lowest BCUT2D eigenvalue weighted by atomic mass is 9.31. The van der Waals surface area contributed by atoms with Gasteiger partial charge in [0.25, 0.3) is 6.71 Å². The molecule has 0 spiro atoms. The molecule has 0 N–H and O–H groups in total. The lowest BCUT2D eigenvalue weighted by Gasteiger charge is -2.46. The third-order valence-corrected chi connectivity index (χ3v) is 20.9. The Balaban J connectivity index is 0.935. The molecule has 4 heterocycles. The summed E-state index contributed by atoms with van der Waals surface area (Å²) in [6.45, 7) is -2.02. The molecule has 4 aliphatic heterocycles. The average molecular weight is 1370 g/mol. The summed E-state index contributed by atoms with van der Waals surface area (Å²) < 4.78 is 155. The lowest BCUT2D eigenvalue weighted by Crippen LogP contribution is -2.65. The Morgan fingerprint density at radius 1 is 0.294 bits per heavy atom. The predicted molar refractivity (Wildman–Crippen MR) is 395 cm³/mol. The van der Waals surface area contributed by atoms with Gasteiger partial charge in [-0.2, -0.15) is 13.2 Å². The molecule has 0 atom stereocenters. The quantitative estimate of drug-likeness (QED) is 0.0941. The van der Waals surface area contributed by atoms with Gasteiger partial charge in [-0.05, 0) is 171 Å². The van der Waals surface area contributed by atoms with Crippen molar-refractivity contribution in [2.24, 2.45) is 0 Å². The average Bonchev–Trinajstić information content (AvgIpc) is 0.682. The van der Waals surface area contributed by atoms with Crippen LogP contribution in [0.1, 0.15) is 5.56 Å². The first-order valence-electron chi connectivity index (χ1n) is 33.0. The van der Waals surface area contributed by atoms with E-state index < -0.39 is 71.4 Å². The van der Waals surface area contributed by atoms with Gasteiger partial charge in [0.1, 0.15) is 40.5 Å². The van der Waals surface area contributed by atoms with Gasteiger partial charge in [0.15, 0.2) is 5.82 Å². The molecule has 0 fully saturated rings. The van der Waals surface area contributed by atoms with E-state index in [1.807, 2.05) is 138 Å². The van der Waals surface area contributed by atoms with Crippen LogP contribution >= 0.6 is 11.8 Å². The topological polar surface area (TPSA) is 16.2 Å². The molecule has 17 heteroatoms. The summed E-state index contributed by atoms with van der Waals surface area (Å²) in [4.78, 5) is 8.37. The second kappa shape index (κ2) is 24.4. The summed E-state index contributed by atoms with van der Waals surface area (Å²) in [7, 11) is 0. The highest BCUT2D eigenvalue weighted by molar-refractivity contribution is 8.00. The molecule has 4 aliphatic rings. The normalized spacial score (nSPS) is 13.0. The van der Waals surface area contributed by atoms with Gasteiger partial charge >= 0.3 is 6.18 Å². The lowest BCUT2D eigenvalue weighted by molar-refractivity contribution is -0.137. The van der Waals surface area contributed by atoms with Crippen LogP contribution in [0.2, 0.25) is 0 Å². The number of halogens is 9. The van der Waals surface area contributed by atoms with Crippen molar-refractivity contribution in [1.82, 2.24) is 0 Å². The molecule has 490 valence electrons. The minimum atomic E-state index is -5.06. The molecule has 0 radical (unpaired) electrons. The van der Waals surface area contributed by atoms with Gasteiger partial charge in [0, 0.05) is 61.0 Å². The molecular formula is C85H50B2F9N5S. The molecule has 0 saturated heterocycles. The first-order valence-corrected chi connectivity index (χ1v) is 33.8. The minimum absolute atomic E-state index is 0.00683. The minimum Gasteiger partial charge on any atom is -0.310 e. The maximum Gasteiger partial charge on any atom is 0.418 e. The highest BCUT2D eigenvalue weighted by atomic mass is 32.2. The van der Waals surface area contributed by atoms with Crippen LogP contribution < -0.4 is 57.3 Å². The maximum atomic E-state index is 20.4. The van der Waals surface area contributed by atoms with Crippen molar-refractivity contribution in [1.29, 1.82) is 0 Å². The third kappa shape index (κ3) is 9.99. The Morgan fingerprint density at radius 3 is 1.22 bits per heavy atom. The molecule has 0 bridgehead atoms. The van der Waals surface area contributed by atoms with Crippen molar-refractivity contribution in [3.05, 3.63) is 344 Å². The number of anilines is 15. The van der Waals surface area contributed by atoms with Gasteiger partial charge in [-0.25, -0.2) is 26.3 Å². The van der Waals surface area contributed by atoms with Gasteiger partial charge < -0.3 is 24.5 Å². The molecule has 14 aromatic rings. The van der Waals surface area contributed by atoms with Crippen LogP contribution in [0.15, 0.2) is 313 Å². The van der Waals surface area contributed by atoms with E-state index in [0.717, 1.165) is 52.2 Å². The fourth-order valence-corrected chi connectivity index (χ4v) is 16.6. The fraction of sp³-hybridized carbons (Fsp3) is 0.0118. The molecule has 0 amide bonds. The Bertz CT molecular complexity index is 5570. The smallest absolute Gasteiger partial charge is 0.310 e. The number of hydrogen-bond acceptors (Lipinski definition) is 6. The van der Waals surface area contributed by atoms with Crippen LogP contribution in [0.25, 0.3) is 22.3 Å². The van der Waals surface area contributed by atoms with Crippen LogP contribution in [0.5, 0.6) is 0 Å². The number of nitrogens with zero attached hydrogens (tertiary/aromatic N) is 5. The number of benzene rings is 14. The summed E-state index contributed by atoms with van der Waals surface area (Å²) in [5.41, 5.74) is 7.08. The van der Waals surface area contributed by atoms with Gasteiger partial charge in [-0.15, -0.1) is 0 Å². The van der Waals surface area contributed by atoms with Gasteiger partial charge in [-0.1, -0.05) is 199 Å². The van der Waals surface area contributed by atoms with Crippen molar-refractivity contribution in [2.45, 2.75) is 16.0 Å². The van der Waals surface area contributed by atoms with Gasteiger partial charge in [0.05, 0.1) is 28.3 Å². The Labute approximate surface area is 586 Å². The summed E-state index contributed by atoms with van der Waals surface area (Å²) in [6, 6.07) is 85.5. The first kappa shape index (κ1) is 62.2. The van der Waals surface area contributed by atoms with Gasteiger partial charge in [-0.3, -0.25) is 0 Å². The van der Waals surface area contributed by atoms with E-state index in [1.54, 1.807) is 107 Å². The van der Waals surface area contributed by atoms with Crippen molar-refractivity contribution < 1.29 is 39.5 Å². The second-order valence-corrected chi connectivity index (χ2v) is 26.4. The SMILES string of the molecule is Fc1ccccc1N(c1ccccc1)c1cc2c3c(c1)N(c1ccccc1C(F)(F)F)c1c(cc4c(c1F)Sc1cc(N(c5ccc(-c6ccccc6)cc5)c5ccc(-c6ccccc6)cc5)cc5c1B4c1ccccc1N5c1c(F)cccc1F)B3c1ccccc1N2c1c(F)cccc1F. The molecule has 0 saturated carbocycles. The number of alkyl halides is 3. The Morgan fingerprint density at radius 2 is 0.696 bits per heavy atom. The number of fused-ring (bicyclic) bond motifs is 8. The number of hydrogen-bond donors (Lipinski definition) is 0. The fourth-order valence-electron chi connectivity index (χ4n) is 15.4. The van der Waals surface area contributed by atoms with E-state index in [0.29, 0.717) is 60.9 Å². The van der Waals surface area contributed by atoms with E-state index in [-0.39, 0.29) is 55.6 Å². The summed E-state index contributed by atoms with van der Waals surface area (Å²) in [5, 5.41) is 0. The highest BCUT2D eigenvalue weighted by Gasteiger charge is 2.51. The summed E-state index contributed by atoms with van der Waals surface area (Å²) in [6.07, 6.45) is -5.06. The monoisotopic (exact) mass is 1370 g/mol. The van der Waals surface area contributed by atoms with Crippen molar-refractivity contribution >= 4 is 143 Å². The third-order valence-electron chi connectivity index (χ3n) is 19.7. The summed E-state index contributed by atoms with van der Waals surface area (Å²) in [5.74, 6) is -5.21. The van der Waals surface area contributed by atoms with E-state index in [1.165, 1.54) is 64.4 Å². The van der Waals surface area contributed by atoms with Crippen LogP contribution in [0.4, 0.5) is 125 Å². The van der Waals surface area contributed by atoms with Crippen LogP contribution in [-0.2, 0) is 6.18 Å². The van der Waals surface area contributed by atoms with E-state index >= 15 is 39.5 Å². The van der Waals surface area contributed by atoms with Crippen molar-refractivity contribution in [2.75, 3.05) is 24.5 Å². The van der Waals surface area contributed by atoms with Crippen LogP contribution in [0, 0.1) is 34.9 Å². The van der Waals surface area contributed by atoms with Crippen molar-refractivity contribution in [3.63, 3.8) is 0 Å². The van der Waals surface area contributed by atoms with E-state index in [2.05, 4.69) is 0 Å². The highest BCUT2D eigenvalue weighted by Crippen LogP contribution is 2.54. The summed E-state index contributed by atoms with van der Waals surface area (Å²) >= 11 is 1.05. The van der Waals surface area contributed by atoms with Crippen LogP contribution in [-0.4, -0.2) is 13.4 Å². The molecule has 14 aromatic carbocycles. The molecule has 0 unspecified atom stereocenters. The van der Waals surface area contributed by atoms with Crippen LogP contribution in [0.3, 0.4) is 0 Å². The zero-order chi connectivity index (χ0) is 69.2. The molecule has 0 aromatic heterocycles. The predicted octanol–water partition coefficient (Wildman–Crippen LogP) is 20.7. The zero-order valence-electron chi connectivity index (χ0n) is 53.6. The molecule has 5 nitrogen and oxygen atoms in total. The standard InChI is InChI=1S/C85H50B2F9N5S/c88-65-29-13-17-37-73(65)98(55-24-8-3-9-25-55)58-46-74-78-75(47-58)100(82-66(89)30-18-31-67(82)90)71-35-15-11-27-61(71)86(78)63-50-64-84(80(93)81(63)99(74)70-34-14-10-26-60(70)85(94,95)96)102-77-49-59(48-76-79(77)87(64)62-28-12-16-36-72(62)101(76)83-68(91)32-19-33-69(83)92)97(56-42-38-53(39-43-56)51-20-4-1-5-21-51)57-44-40-54(41-45-57)52-22-6-2-7-23-52/h1-50H. The van der Waals surface area contributed by atoms with E-state index in [4.69, 9.17) is 0 Å². The molecular weight excluding hydrogens is 1320 g/mol. The first-order chi connectivity index (χ1) is 49.8. The Kier molecular flexibility index (Phi) is 14.9. The van der Waals surface area contributed by atoms with Gasteiger partial charge in [0.2, 0.25) is 6.71 Å². The molecule has 0 aliphatic carbocycles. The molecule has 18 rings (SSSR count). The van der Waals surface area contributed by atoms with Crippen molar-refractivity contribution in [3.8, 4) is 22.3 Å². The Hall–Kier alpha value is -12.1. The maximum absolute atomic E-state index is 20.4.